The van der Waals surface area contributed by atoms with Gasteiger partial charge in [0.15, 0.2) is 5.17 Å². The van der Waals surface area contributed by atoms with E-state index in [4.69, 9.17) is 11.6 Å². The van der Waals surface area contributed by atoms with Crippen LogP contribution in [-0.4, -0.2) is 10.2 Å². The minimum absolute atomic E-state index is 0.398. The fourth-order valence-electron chi connectivity index (χ4n) is 0.929. The normalized spacial score (nSPS) is 11.9. The molecule has 0 amide bonds. The Labute approximate surface area is 91.8 Å². The average Bonchev–Trinajstić information content (AvgIpc) is 2.63. The third-order valence-corrected chi connectivity index (χ3v) is 3.36. The first-order valence-electron chi connectivity index (χ1n) is 4.35. The Morgan fingerprint density at radius 2 is 2.50 bits per heavy atom. The number of hydrogen-bond acceptors (Lipinski definition) is 5. The highest BCUT2D eigenvalue weighted by atomic mass is 32.2. The number of rotatable bonds is 4. The third-order valence-electron chi connectivity index (χ3n) is 1.56. The molecule has 0 aliphatic carbocycles. The molecule has 0 aromatic carbocycles. The monoisotopic (exact) mass is 230 g/mol. The first-order valence-corrected chi connectivity index (χ1v) is 6.22. The van der Waals surface area contributed by atoms with Gasteiger partial charge >= 0.3 is 0 Å². The number of hydrogen-bond donors (Lipinski definition) is 2. The summed E-state index contributed by atoms with van der Waals surface area (Å²) < 4.78 is 0. The van der Waals surface area contributed by atoms with Crippen molar-refractivity contribution in [1.82, 2.24) is 4.98 Å². The van der Waals surface area contributed by atoms with Gasteiger partial charge in [0.25, 0.3) is 0 Å². The maximum Gasteiger partial charge on any atom is 0.177 e. The molecule has 0 aliphatic rings. The minimum atomic E-state index is 0.398. The van der Waals surface area contributed by atoms with Gasteiger partial charge in [0.1, 0.15) is 0 Å². The van der Waals surface area contributed by atoms with Crippen LogP contribution in [-0.2, 0) is 12.2 Å². The zero-order valence-electron chi connectivity index (χ0n) is 8.06. The van der Waals surface area contributed by atoms with Crippen molar-refractivity contribution in [3.05, 3.63) is 16.1 Å². The van der Waals surface area contributed by atoms with Crippen molar-refractivity contribution in [2.24, 2.45) is 16.7 Å². The van der Waals surface area contributed by atoms with E-state index in [1.807, 2.05) is 0 Å². The predicted octanol–water partition coefficient (Wildman–Crippen LogP) is 1.52. The molecule has 0 unspecified atom stereocenters. The highest BCUT2D eigenvalue weighted by Gasteiger charge is 2.02. The van der Waals surface area contributed by atoms with Crippen molar-refractivity contribution < 1.29 is 0 Å². The van der Waals surface area contributed by atoms with Crippen molar-refractivity contribution >= 4 is 28.3 Å². The SMILES string of the molecule is CCCc1nc(CSC(N)=NN)cs1. The molecule has 0 saturated heterocycles. The molecule has 0 spiro atoms. The summed E-state index contributed by atoms with van der Waals surface area (Å²) in [6.45, 7) is 2.15. The number of thiazole rings is 1. The van der Waals surface area contributed by atoms with E-state index in [1.54, 1.807) is 11.3 Å². The lowest BCUT2D eigenvalue weighted by molar-refractivity contribution is 0.902. The summed E-state index contributed by atoms with van der Waals surface area (Å²) in [5.41, 5.74) is 6.50. The summed E-state index contributed by atoms with van der Waals surface area (Å²) in [5.74, 6) is 5.76. The van der Waals surface area contributed by atoms with E-state index >= 15 is 0 Å². The molecular weight excluding hydrogens is 216 g/mol. The number of aryl methyl sites for hydroxylation is 1. The molecule has 78 valence electrons. The molecule has 0 radical (unpaired) electrons. The molecule has 0 atom stereocenters. The molecule has 1 aromatic heterocycles. The smallest absolute Gasteiger partial charge is 0.177 e. The van der Waals surface area contributed by atoms with E-state index in [2.05, 4.69) is 22.4 Å². The summed E-state index contributed by atoms with van der Waals surface area (Å²) in [5, 5.41) is 7.02. The van der Waals surface area contributed by atoms with Crippen LogP contribution in [0, 0.1) is 0 Å². The molecule has 0 aliphatic heterocycles. The Morgan fingerprint density at radius 1 is 1.71 bits per heavy atom. The van der Waals surface area contributed by atoms with Crippen molar-refractivity contribution in [3.63, 3.8) is 0 Å². The molecule has 6 heteroatoms. The van der Waals surface area contributed by atoms with Gasteiger partial charge in [-0.15, -0.1) is 11.3 Å². The van der Waals surface area contributed by atoms with Crippen molar-refractivity contribution in [3.8, 4) is 0 Å². The highest BCUT2D eigenvalue weighted by Crippen LogP contribution is 2.16. The lowest BCUT2D eigenvalue weighted by Crippen LogP contribution is -2.09. The second-order valence-electron chi connectivity index (χ2n) is 2.74. The van der Waals surface area contributed by atoms with Crippen LogP contribution in [0.5, 0.6) is 0 Å². The van der Waals surface area contributed by atoms with Gasteiger partial charge in [0.05, 0.1) is 10.7 Å². The van der Waals surface area contributed by atoms with Crippen LogP contribution in [0.1, 0.15) is 24.0 Å². The Hall–Kier alpha value is -0.750. The maximum atomic E-state index is 5.45. The molecular formula is C8H14N4S2. The first-order chi connectivity index (χ1) is 6.76. The van der Waals surface area contributed by atoms with Gasteiger partial charge in [-0.1, -0.05) is 18.7 Å². The second-order valence-corrected chi connectivity index (χ2v) is 4.68. The van der Waals surface area contributed by atoms with Gasteiger partial charge in [-0.05, 0) is 12.8 Å². The number of hydrazone groups is 1. The van der Waals surface area contributed by atoms with Gasteiger partial charge in [0, 0.05) is 11.1 Å². The molecule has 1 aromatic rings. The first kappa shape index (κ1) is 11.3. The number of thioether (sulfide) groups is 1. The highest BCUT2D eigenvalue weighted by molar-refractivity contribution is 8.13. The summed E-state index contributed by atoms with van der Waals surface area (Å²) in [6.07, 6.45) is 2.18. The van der Waals surface area contributed by atoms with E-state index in [-0.39, 0.29) is 0 Å². The maximum absolute atomic E-state index is 5.45. The van der Waals surface area contributed by atoms with Crippen LogP contribution in [0.3, 0.4) is 0 Å². The number of amidine groups is 1. The second kappa shape index (κ2) is 5.87. The predicted molar refractivity (Wildman–Crippen MR) is 63.2 cm³/mol. The Morgan fingerprint density at radius 3 is 3.14 bits per heavy atom. The molecule has 4 N–H and O–H groups in total. The Balaban J connectivity index is 2.43. The van der Waals surface area contributed by atoms with Crippen LogP contribution in [0.15, 0.2) is 10.5 Å². The van der Waals surface area contributed by atoms with E-state index in [0.717, 1.165) is 24.3 Å². The van der Waals surface area contributed by atoms with Gasteiger partial charge in [-0.3, -0.25) is 0 Å². The molecule has 0 bridgehead atoms. The summed E-state index contributed by atoms with van der Waals surface area (Å²) in [6, 6.07) is 0. The zero-order valence-corrected chi connectivity index (χ0v) is 9.70. The number of nitrogens with two attached hydrogens (primary N) is 2. The third kappa shape index (κ3) is 3.55. The van der Waals surface area contributed by atoms with Crippen LogP contribution in [0.25, 0.3) is 0 Å². The quantitative estimate of drug-likeness (QED) is 0.356. The average molecular weight is 230 g/mol. The van der Waals surface area contributed by atoms with Gasteiger partial charge in [-0.2, -0.15) is 5.10 Å². The Bertz CT molecular complexity index is 308. The Kier molecular flexibility index (Phi) is 4.75. The lowest BCUT2D eigenvalue weighted by atomic mass is 10.3. The largest absolute Gasteiger partial charge is 0.377 e. The van der Waals surface area contributed by atoms with Crippen LogP contribution in [0.4, 0.5) is 0 Å². The van der Waals surface area contributed by atoms with Gasteiger partial charge in [0.2, 0.25) is 0 Å². The lowest BCUT2D eigenvalue weighted by Gasteiger charge is -1.95. The topological polar surface area (TPSA) is 77.3 Å². The van der Waals surface area contributed by atoms with Crippen molar-refractivity contribution in [2.75, 3.05) is 0 Å². The fourth-order valence-corrected chi connectivity index (χ4v) is 2.45. The van der Waals surface area contributed by atoms with Gasteiger partial charge < -0.3 is 11.6 Å². The standard InChI is InChI=1S/C8H14N4S2/c1-2-3-7-11-6(4-13-7)5-14-8(9)12-10/h4H,2-3,5,10H2,1H3,(H2,9,12). The molecule has 0 saturated carbocycles. The molecule has 4 nitrogen and oxygen atoms in total. The summed E-state index contributed by atoms with van der Waals surface area (Å²) in [7, 11) is 0. The molecule has 0 fully saturated rings. The van der Waals surface area contributed by atoms with Crippen molar-refractivity contribution in [1.29, 1.82) is 0 Å². The van der Waals surface area contributed by atoms with E-state index < -0.39 is 0 Å². The summed E-state index contributed by atoms with van der Waals surface area (Å²) >= 11 is 3.10. The van der Waals surface area contributed by atoms with Crippen LogP contribution >= 0.6 is 23.1 Å². The molecule has 14 heavy (non-hydrogen) atoms. The molecule has 1 rings (SSSR count). The fraction of sp³-hybridized carbons (Fsp3) is 0.500. The summed E-state index contributed by atoms with van der Waals surface area (Å²) in [4.78, 5) is 4.45. The molecule has 1 heterocycles. The zero-order chi connectivity index (χ0) is 10.4. The van der Waals surface area contributed by atoms with Crippen molar-refractivity contribution in [2.45, 2.75) is 25.5 Å². The van der Waals surface area contributed by atoms with Crippen LogP contribution in [0.2, 0.25) is 0 Å². The van der Waals surface area contributed by atoms with Crippen LogP contribution < -0.4 is 11.6 Å². The van der Waals surface area contributed by atoms with E-state index in [1.165, 1.54) is 16.8 Å². The van der Waals surface area contributed by atoms with E-state index in [0.29, 0.717) is 5.17 Å². The number of nitrogens with zero attached hydrogens (tertiary/aromatic N) is 2. The number of aromatic nitrogens is 1. The van der Waals surface area contributed by atoms with E-state index in [9.17, 15) is 0 Å². The van der Waals surface area contributed by atoms with Gasteiger partial charge in [-0.25, -0.2) is 4.98 Å². The minimum Gasteiger partial charge on any atom is -0.377 e.